The van der Waals surface area contributed by atoms with E-state index in [1.807, 2.05) is 0 Å². The van der Waals surface area contributed by atoms with Crippen molar-refractivity contribution >= 4 is 16.4 Å². The summed E-state index contributed by atoms with van der Waals surface area (Å²) >= 11 is 0. The molecule has 0 rings (SSSR count). The Bertz CT molecular complexity index is 72.4. The van der Waals surface area contributed by atoms with E-state index in [4.69, 9.17) is 0 Å². The summed E-state index contributed by atoms with van der Waals surface area (Å²) in [6.45, 7) is 8.93. The first-order valence-electron chi connectivity index (χ1n) is 3.07. The van der Waals surface area contributed by atoms with Gasteiger partial charge < -0.3 is 0 Å². The molecule has 0 heterocycles. The third-order valence-electron chi connectivity index (χ3n) is 1.21. The molecule has 0 amide bonds. The van der Waals surface area contributed by atoms with Gasteiger partial charge in [-0.2, -0.15) is 10.5 Å². The van der Waals surface area contributed by atoms with Crippen LogP contribution in [-0.4, -0.2) is 16.4 Å². The lowest BCUT2D eigenvalue weighted by Crippen LogP contribution is -1.99. The van der Waals surface area contributed by atoms with Gasteiger partial charge in [-0.3, -0.25) is 0 Å². The van der Waals surface area contributed by atoms with Gasteiger partial charge in [-0.15, -0.1) is 0 Å². The predicted octanol–water partition coefficient (Wildman–Crippen LogP) is 2.50. The molecule has 0 unspecified atom stereocenters. The lowest BCUT2D eigenvalue weighted by atomic mass is 10.5. The molecule has 0 aliphatic rings. The van der Waals surface area contributed by atoms with Gasteiger partial charge >= 0.3 is 0 Å². The maximum Gasteiger partial charge on any atom is -0.00623 e. The second-order valence-corrected chi connectivity index (χ2v) is 5.39. The zero-order chi connectivity index (χ0) is 6.73. The van der Waals surface area contributed by atoms with Gasteiger partial charge in [0.05, 0.1) is 0 Å². The van der Waals surface area contributed by atoms with Crippen LogP contribution in [0.3, 0.4) is 0 Å². The molecule has 0 nitrogen and oxygen atoms in total. The van der Waals surface area contributed by atoms with Crippen LogP contribution in [0.1, 0.15) is 27.7 Å². The van der Waals surface area contributed by atoms with Gasteiger partial charge in [-0.25, -0.2) is 0 Å². The van der Waals surface area contributed by atoms with Crippen molar-refractivity contribution in [3.8, 4) is 0 Å². The Morgan fingerprint density at radius 3 is 1.25 bits per heavy atom. The number of rotatable bonds is 2. The van der Waals surface area contributed by atoms with E-state index in [0.29, 0.717) is 10.5 Å². The Labute approximate surface area is 55.2 Å². The molecule has 0 radical (unpaired) electrons. The predicted molar refractivity (Wildman–Crippen MR) is 45.0 cm³/mol. The quantitative estimate of drug-likeness (QED) is 0.506. The lowest BCUT2D eigenvalue weighted by Gasteiger charge is -2.14. The molecule has 50 valence electrons. The molecule has 0 aliphatic carbocycles. The van der Waals surface area contributed by atoms with Crippen LogP contribution in [0.15, 0.2) is 0 Å². The SMILES string of the molecule is C=S(C(C)C)C(C)C. The van der Waals surface area contributed by atoms with Gasteiger partial charge in [-0.1, -0.05) is 33.6 Å². The summed E-state index contributed by atoms with van der Waals surface area (Å²) < 4.78 is 0. The van der Waals surface area contributed by atoms with E-state index in [9.17, 15) is 0 Å². The van der Waals surface area contributed by atoms with E-state index in [2.05, 4.69) is 33.6 Å². The summed E-state index contributed by atoms with van der Waals surface area (Å²) in [7, 11) is 0.377. The Hall–Kier alpha value is 0.220. The highest BCUT2D eigenvalue weighted by molar-refractivity contribution is 8.15. The van der Waals surface area contributed by atoms with Gasteiger partial charge in [0.2, 0.25) is 0 Å². The van der Waals surface area contributed by atoms with E-state index >= 15 is 0 Å². The smallest absolute Gasteiger partial charge is 0.00623 e. The number of hydrogen-bond acceptors (Lipinski definition) is 0. The van der Waals surface area contributed by atoms with Crippen LogP contribution in [0.2, 0.25) is 0 Å². The van der Waals surface area contributed by atoms with Gasteiger partial charge in [0, 0.05) is 0 Å². The van der Waals surface area contributed by atoms with Crippen molar-refractivity contribution < 1.29 is 0 Å². The van der Waals surface area contributed by atoms with Crippen molar-refractivity contribution in [2.24, 2.45) is 0 Å². The van der Waals surface area contributed by atoms with Crippen LogP contribution in [0, 0.1) is 0 Å². The zero-order valence-electron chi connectivity index (χ0n) is 6.27. The van der Waals surface area contributed by atoms with Crippen LogP contribution in [0.5, 0.6) is 0 Å². The maximum atomic E-state index is 4.06. The molecule has 0 aliphatic heterocycles. The summed E-state index contributed by atoms with van der Waals surface area (Å²) in [6, 6.07) is 0. The third-order valence-corrected chi connectivity index (χ3v) is 3.63. The molecule has 0 N–H and O–H groups in total. The van der Waals surface area contributed by atoms with Crippen molar-refractivity contribution in [3.63, 3.8) is 0 Å². The molecule has 0 atom stereocenters. The van der Waals surface area contributed by atoms with Crippen LogP contribution in [-0.2, 0) is 0 Å². The highest BCUT2D eigenvalue weighted by Crippen LogP contribution is 2.22. The standard InChI is InChI=1S/C7H16S/c1-6(2)8(5)7(3)4/h6-7H,5H2,1-4H3. The topological polar surface area (TPSA) is 0 Å². The molecule has 1 heteroatoms. The average molecular weight is 132 g/mol. The third kappa shape index (κ3) is 2.51. The number of hydrogen-bond donors (Lipinski definition) is 0. The molecular weight excluding hydrogens is 116 g/mol. The average Bonchev–Trinajstić information content (AvgIpc) is 1.64. The van der Waals surface area contributed by atoms with Crippen LogP contribution < -0.4 is 0 Å². The summed E-state index contributed by atoms with van der Waals surface area (Å²) in [5.41, 5.74) is 0. The van der Waals surface area contributed by atoms with E-state index in [1.165, 1.54) is 0 Å². The minimum atomic E-state index is 0.377. The zero-order valence-corrected chi connectivity index (χ0v) is 7.09. The summed E-state index contributed by atoms with van der Waals surface area (Å²) in [6.07, 6.45) is 0. The first-order valence-corrected chi connectivity index (χ1v) is 4.59. The van der Waals surface area contributed by atoms with Crippen molar-refractivity contribution in [2.45, 2.75) is 38.2 Å². The highest BCUT2D eigenvalue weighted by atomic mass is 32.2. The monoisotopic (exact) mass is 132 g/mol. The molecule has 0 aromatic carbocycles. The van der Waals surface area contributed by atoms with Crippen molar-refractivity contribution in [1.82, 2.24) is 0 Å². The maximum absolute atomic E-state index is 4.06. The highest BCUT2D eigenvalue weighted by Gasteiger charge is 2.00. The fraction of sp³-hybridized carbons (Fsp3) is 0.857. The molecule has 0 saturated carbocycles. The van der Waals surface area contributed by atoms with E-state index < -0.39 is 0 Å². The van der Waals surface area contributed by atoms with Gasteiger partial charge in [0.15, 0.2) is 0 Å². The van der Waals surface area contributed by atoms with Crippen LogP contribution >= 0.6 is 10.5 Å². The first-order chi connectivity index (χ1) is 3.55. The van der Waals surface area contributed by atoms with Gasteiger partial charge in [0.25, 0.3) is 0 Å². The molecule has 0 aromatic rings. The molecule has 0 spiro atoms. The first kappa shape index (κ1) is 8.22. The lowest BCUT2D eigenvalue weighted by molar-refractivity contribution is 1.05. The minimum absolute atomic E-state index is 0.377. The van der Waals surface area contributed by atoms with Gasteiger partial charge in [-0.05, 0) is 10.5 Å². The summed E-state index contributed by atoms with van der Waals surface area (Å²) in [4.78, 5) is 0. The Morgan fingerprint density at radius 1 is 1.00 bits per heavy atom. The van der Waals surface area contributed by atoms with Crippen molar-refractivity contribution in [1.29, 1.82) is 0 Å². The Balaban J connectivity index is 3.65. The molecular formula is C7H16S. The second kappa shape index (κ2) is 3.29. The fourth-order valence-corrected chi connectivity index (χ4v) is 1.63. The van der Waals surface area contributed by atoms with Crippen LogP contribution in [0.25, 0.3) is 0 Å². The second-order valence-electron chi connectivity index (χ2n) is 2.57. The normalized spacial score (nSPS) is 11.9. The van der Waals surface area contributed by atoms with E-state index in [-0.39, 0.29) is 0 Å². The minimum Gasteiger partial charge on any atom is -0.188 e. The fourth-order valence-electron chi connectivity index (χ4n) is 0.544. The Morgan fingerprint density at radius 2 is 1.25 bits per heavy atom. The summed E-state index contributed by atoms with van der Waals surface area (Å²) in [5.74, 6) is 4.06. The Kier molecular flexibility index (Phi) is 3.38. The van der Waals surface area contributed by atoms with Crippen molar-refractivity contribution in [2.75, 3.05) is 0 Å². The largest absolute Gasteiger partial charge is 0.188 e. The van der Waals surface area contributed by atoms with Crippen LogP contribution in [0.4, 0.5) is 0 Å². The van der Waals surface area contributed by atoms with Crippen molar-refractivity contribution in [3.05, 3.63) is 0 Å². The van der Waals surface area contributed by atoms with E-state index in [1.54, 1.807) is 0 Å². The molecule has 0 saturated heterocycles. The molecule has 0 aromatic heterocycles. The van der Waals surface area contributed by atoms with E-state index in [0.717, 1.165) is 10.5 Å². The molecule has 8 heavy (non-hydrogen) atoms. The van der Waals surface area contributed by atoms with Gasteiger partial charge in [0.1, 0.15) is 0 Å². The molecule has 0 bridgehead atoms. The molecule has 0 fully saturated rings. The summed E-state index contributed by atoms with van der Waals surface area (Å²) in [5, 5.41) is 1.52.